The molecule has 0 aromatic rings. The van der Waals surface area contributed by atoms with Crippen LogP contribution < -0.4 is 11.5 Å². The molecule has 0 saturated heterocycles. The van der Waals surface area contributed by atoms with Crippen LogP contribution in [0.1, 0.15) is 77.0 Å². The molecule has 0 unspecified atom stereocenters. The SMILES string of the molecule is NCCCCCC=CCC=CCC=CCC=CCCCC(=O)OC(=O)CCCN. The molecule has 4 N–H and O–H groups in total. The molecule has 0 amide bonds. The topological polar surface area (TPSA) is 95.4 Å². The third-order valence-corrected chi connectivity index (χ3v) is 4.12. The van der Waals surface area contributed by atoms with E-state index in [0.717, 1.165) is 45.1 Å². The first-order valence-electron chi connectivity index (χ1n) is 10.9. The van der Waals surface area contributed by atoms with Crippen LogP contribution in [-0.2, 0) is 14.3 Å². The van der Waals surface area contributed by atoms with Crippen LogP contribution in [0.25, 0.3) is 0 Å². The summed E-state index contributed by atoms with van der Waals surface area (Å²) in [5.74, 6) is -0.932. The summed E-state index contributed by atoms with van der Waals surface area (Å²) in [5.41, 5.74) is 10.8. The quantitative estimate of drug-likeness (QED) is 0.147. The van der Waals surface area contributed by atoms with Gasteiger partial charge in [-0.2, -0.15) is 0 Å². The molecule has 0 aliphatic heterocycles. The summed E-state index contributed by atoms with van der Waals surface area (Å²) >= 11 is 0. The lowest BCUT2D eigenvalue weighted by atomic mass is 10.2. The van der Waals surface area contributed by atoms with E-state index in [0.29, 0.717) is 19.4 Å². The lowest BCUT2D eigenvalue weighted by molar-refractivity contribution is -0.159. The molecular formula is C24H40N2O3. The van der Waals surface area contributed by atoms with Crippen LogP contribution >= 0.6 is 0 Å². The van der Waals surface area contributed by atoms with E-state index < -0.39 is 11.9 Å². The Kier molecular flexibility index (Phi) is 20.8. The van der Waals surface area contributed by atoms with E-state index in [1.807, 2.05) is 0 Å². The molecule has 0 fully saturated rings. The third kappa shape index (κ3) is 22.2. The molecule has 0 spiro atoms. The summed E-state index contributed by atoms with van der Waals surface area (Å²) in [4.78, 5) is 22.7. The van der Waals surface area contributed by atoms with Gasteiger partial charge in [0.2, 0.25) is 0 Å². The lowest BCUT2D eigenvalue weighted by Crippen LogP contribution is -2.13. The van der Waals surface area contributed by atoms with E-state index in [-0.39, 0.29) is 12.8 Å². The predicted octanol–water partition coefficient (Wildman–Crippen LogP) is 4.88. The van der Waals surface area contributed by atoms with Crippen molar-refractivity contribution in [2.45, 2.75) is 77.0 Å². The number of carbonyl (C=O) groups is 2. The van der Waals surface area contributed by atoms with Crippen LogP contribution in [0.5, 0.6) is 0 Å². The molecule has 164 valence electrons. The number of allylic oxidation sites excluding steroid dienone is 8. The molecule has 0 atom stereocenters. The third-order valence-electron chi connectivity index (χ3n) is 4.12. The number of carbonyl (C=O) groups excluding carboxylic acids is 2. The largest absolute Gasteiger partial charge is 0.393 e. The Balaban J connectivity index is 3.53. The number of ether oxygens (including phenoxy) is 1. The van der Waals surface area contributed by atoms with Crippen LogP contribution in [0.4, 0.5) is 0 Å². The summed E-state index contributed by atoms with van der Waals surface area (Å²) in [6.07, 6.45) is 27.3. The first-order chi connectivity index (χ1) is 14.2. The van der Waals surface area contributed by atoms with Crippen LogP contribution in [0.3, 0.4) is 0 Å². The standard InChI is InChI=1S/C24H40N2O3/c25-21-17-15-13-11-9-7-5-3-1-2-4-6-8-10-12-14-16-19-23(27)29-24(28)20-18-22-26/h1,3-4,6-7,9-10,12H,2,5,8,11,13-22,25-26H2. The van der Waals surface area contributed by atoms with E-state index in [9.17, 15) is 9.59 Å². The average molecular weight is 405 g/mol. The molecule has 5 heteroatoms. The molecule has 0 aliphatic carbocycles. The predicted molar refractivity (Wildman–Crippen MR) is 121 cm³/mol. The lowest BCUT2D eigenvalue weighted by Gasteiger charge is -2.01. The molecular weight excluding hydrogens is 364 g/mol. The molecule has 0 radical (unpaired) electrons. The van der Waals surface area contributed by atoms with Gasteiger partial charge in [0, 0.05) is 12.8 Å². The highest BCUT2D eigenvalue weighted by Gasteiger charge is 2.08. The summed E-state index contributed by atoms with van der Waals surface area (Å²) in [6.45, 7) is 1.22. The summed E-state index contributed by atoms with van der Waals surface area (Å²) in [5, 5.41) is 0. The van der Waals surface area contributed by atoms with Crippen molar-refractivity contribution in [3.8, 4) is 0 Å². The van der Waals surface area contributed by atoms with Crippen LogP contribution in [0.2, 0.25) is 0 Å². The van der Waals surface area contributed by atoms with Crippen molar-refractivity contribution in [3.63, 3.8) is 0 Å². The van der Waals surface area contributed by atoms with Gasteiger partial charge in [0.1, 0.15) is 0 Å². The number of hydrogen-bond donors (Lipinski definition) is 2. The monoisotopic (exact) mass is 404 g/mol. The van der Waals surface area contributed by atoms with Crippen molar-refractivity contribution in [2.24, 2.45) is 11.5 Å². The van der Waals surface area contributed by atoms with Crippen molar-refractivity contribution < 1.29 is 14.3 Å². The Morgan fingerprint density at radius 1 is 0.552 bits per heavy atom. The minimum absolute atomic E-state index is 0.204. The van der Waals surface area contributed by atoms with E-state index in [4.69, 9.17) is 16.2 Å². The zero-order valence-electron chi connectivity index (χ0n) is 17.9. The number of nitrogens with two attached hydrogens (primary N) is 2. The smallest absolute Gasteiger partial charge is 0.313 e. The summed E-state index contributed by atoms with van der Waals surface area (Å²) in [6, 6.07) is 0. The highest BCUT2D eigenvalue weighted by molar-refractivity contribution is 5.85. The molecule has 0 aromatic heterocycles. The van der Waals surface area contributed by atoms with Gasteiger partial charge in [0.05, 0.1) is 0 Å². The maximum Gasteiger partial charge on any atom is 0.313 e. The van der Waals surface area contributed by atoms with Gasteiger partial charge in [0.25, 0.3) is 0 Å². The van der Waals surface area contributed by atoms with Crippen molar-refractivity contribution >= 4 is 11.9 Å². The van der Waals surface area contributed by atoms with Gasteiger partial charge in [-0.15, -0.1) is 0 Å². The van der Waals surface area contributed by atoms with Gasteiger partial charge in [-0.05, 0) is 70.9 Å². The van der Waals surface area contributed by atoms with Gasteiger partial charge in [-0.3, -0.25) is 9.59 Å². The summed E-state index contributed by atoms with van der Waals surface area (Å²) < 4.78 is 4.70. The minimum Gasteiger partial charge on any atom is -0.393 e. The number of unbranched alkanes of at least 4 members (excludes halogenated alkanes) is 4. The second-order valence-corrected chi connectivity index (χ2v) is 6.86. The Morgan fingerprint density at radius 3 is 1.52 bits per heavy atom. The van der Waals surface area contributed by atoms with Gasteiger partial charge in [-0.1, -0.05) is 55.0 Å². The Labute approximate surface area is 176 Å². The first kappa shape index (κ1) is 27.0. The number of esters is 2. The minimum atomic E-state index is -0.482. The Bertz CT molecular complexity index is 522. The van der Waals surface area contributed by atoms with E-state index in [1.54, 1.807) is 0 Å². The van der Waals surface area contributed by atoms with Crippen molar-refractivity contribution in [2.75, 3.05) is 13.1 Å². The van der Waals surface area contributed by atoms with Crippen molar-refractivity contribution in [3.05, 3.63) is 48.6 Å². The second kappa shape index (κ2) is 22.3. The number of rotatable bonds is 18. The average Bonchev–Trinajstić information content (AvgIpc) is 2.71. The zero-order chi connectivity index (χ0) is 21.4. The molecule has 0 aliphatic rings. The van der Waals surface area contributed by atoms with Crippen LogP contribution in [-0.4, -0.2) is 25.0 Å². The maximum absolute atomic E-state index is 11.5. The van der Waals surface area contributed by atoms with Gasteiger partial charge in [-0.25, -0.2) is 0 Å². The van der Waals surface area contributed by atoms with E-state index in [1.165, 1.54) is 12.8 Å². The fourth-order valence-corrected chi connectivity index (χ4v) is 2.47. The van der Waals surface area contributed by atoms with Crippen LogP contribution in [0.15, 0.2) is 48.6 Å². The fraction of sp³-hybridized carbons (Fsp3) is 0.583. The number of hydrogen-bond acceptors (Lipinski definition) is 5. The van der Waals surface area contributed by atoms with E-state index >= 15 is 0 Å². The first-order valence-corrected chi connectivity index (χ1v) is 10.9. The van der Waals surface area contributed by atoms with Gasteiger partial charge < -0.3 is 16.2 Å². The second-order valence-electron chi connectivity index (χ2n) is 6.86. The Hall–Kier alpha value is -1.98. The molecule has 5 nitrogen and oxygen atoms in total. The molecule has 0 rings (SSSR count). The molecule has 0 heterocycles. The Morgan fingerprint density at radius 2 is 1.00 bits per heavy atom. The summed E-state index contributed by atoms with van der Waals surface area (Å²) in [7, 11) is 0. The zero-order valence-corrected chi connectivity index (χ0v) is 17.9. The normalized spacial score (nSPS) is 12.1. The van der Waals surface area contributed by atoms with Gasteiger partial charge in [0.15, 0.2) is 0 Å². The van der Waals surface area contributed by atoms with Crippen LogP contribution in [0, 0.1) is 0 Å². The fourth-order valence-electron chi connectivity index (χ4n) is 2.47. The molecule has 0 bridgehead atoms. The molecule has 0 aromatic carbocycles. The van der Waals surface area contributed by atoms with Crippen molar-refractivity contribution in [1.29, 1.82) is 0 Å². The van der Waals surface area contributed by atoms with Crippen molar-refractivity contribution in [1.82, 2.24) is 0 Å². The highest BCUT2D eigenvalue weighted by atomic mass is 16.6. The molecule has 29 heavy (non-hydrogen) atoms. The van der Waals surface area contributed by atoms with Gasteiger partial charge >= 0.3 is 11.9 Å². The molecule has 0 saturated carbocycles. The highest BCUT2D eigenvalue weighted by Crippen LogP contribution is 2.03. The maximum atomic E-state index is 11.5. The van der Waals surface area contributed by atoms with E-state index in [2.05, 4.69) is 48.6 Å².